The van der Waals surface area contributed by atoms with E-state index in [1.165, 1.54) is 6.07 Å². The van der Waals surface area contributed by atoms with Crippen LogP contribution in [0.2, 0.25) is 0 Å². The van der Waals surface area contributed by atoms with Crippen LogP contribution in [0.4, 0.5) is 4.39 Å². The largest absolute Gasteiger partial charge is 0.241 e. The molecule has 0 unspecified atom stereocenters. The van der Waals surface area contributed by atoms with E-state index in [1.54, 1.807) is 35.3 Å². The Morgan fingerprint density at radius 1 is 1.38 bits per heavy atom. The van der Waals surface area contributed by atoms with Crippen molar-refractivity contribution in [3.63, 3.8) is 0 Å². The van der Waals surface area contributed by atoms with Crippen LogP contribution in [0, 0.1) is 5.82 Å². The number of hydrogen-bond donors (Lipinski definition) is 0. The number of hydrogen-bond acceptors (Lipinski definition) is 1. The number of rotatable bonds is 1. The van der Waals surface area contributed by atoms with Crippen LogP contribution in [-0.2, 0) is 0 Å². The molecule has 0 amide bonds. The molecule has 0 spiro atoms. The predicted molar refractivity (Wildman–Crippen MR) is 51.2 cm³/mol. The minimum Gasteiger partial charge on any atom is -0.241 e. The quantitative estimate of drug-likeness (QED) is 0.750. The highest BCUT2D eigenvalue weighted by Crippen LogP contribution is 2.18. The molecule has 0 saturated heterocycles. The fourth-order valence-electron chi connectivity index (χ4n) is 1.05. The summed E-state index contributed by atoms with van der Waals surface area (Å²) in [6.45, 7) is 0. The summed E-state index contributed by atoms with van der Waals surface area (Å²) in [7, 11) is 0. The molecule has 0 N–H and O–H groups in total. The van der Waals surface area contributed by atoms with Crippen LogP contribution in [0.3, 0.4) is 0 Å². The highest BCUT2D eigenvalue weighted by molar-refractivity contribution is 9.10. The second-order valence-electron chi connectivity index (χ2n) is 2.55. The van der Waals surface area contributed by atoms with E-state index < -0.39 is 0 Å². The average Bonchev–Trinajstić information content (AvgIpc) is 2.62. The lowest BCUT2D eigenvalue weighted by atomic mass is 10.3. The van der Waals surface area contributed by atoms with Crippen LogP contribution >= 0.6 is 15.9 Å². The van der Waals surface area contributed by atoms with Gasteiger partial charge in [0.1, 0.15) is 5.82 Å². The van der Waals surface area contributed by atoms with E-state index in [1.807, 2.05) is 0 Å². The van der Waals surface area contributed by atoms with Crippen LogP contribution in [0.1, 0.15) is 0 Å². The standard InChI is InChI=1S/C9H6BrFN2/c10-8-3-2-7(6-9(8)11)13-5-1-4-12-13/h1-6H. The molecule has 66 valence electrons. The molecule has 13 heavy (non-hydrogen) atoms. The van der Waals surface area contributed by atoms with Gasteiger partial charge in [-0.2, -0.15) is 5.10 Å². The topological polar surface area (TPSA) is 17.8 Å². The van der Waals surface area contributed by atoms with Crippen molar-refractivity contribution in [2.24, 2.45) is 0 Å². The second-order valence-corrected chi connectivity index (χ2v) is 3.40. The number of nitrogens with zero attached hydrogens (tertiary/aromatic N) is 2. The van der Waals surface area contributed by atoms with Crippen molar-refractivity contribution >= 4 is 15.9 Å². The second kappa shape index (κ2) is 3.30. The van der Waals surface area contributed by atoms with Gasteiger partial charge in [0, 0.05) is 18.5 Å². The van der Waals surface area contributed by atoms with Gasteiger partial charge < -0.3 is 0 Å². The summed E-state index contributed by atoms with van der Waals surface area (Å²) in [5.41, 5.74) is 0.714. The Hall–Kier alpha value is -1.16. The first-order chi connectivity index (χ1) is 6.27. The molecule has 1 aromatic heterocycles. The lowest BCUT2D eigenvalue weighted by molar-refractivity contribution is 0.619. The van der Waals surface area contributed by atoms with Gasteiger partial charge in [-0.1, -0.05) is 0 Å². The normalized spacial score (nSPS) is 10.3. The molecule has 2 nitrogen and oxygen atoms in total. The van der Waals surface area contributed by atoms with Gasteiger partial charge in [0.2, 0.25) is 0 Å². The fraction of sp³-hybridized carbons (Fsp3) is 0. The van der Waals surface area contributed by atoms with Crippen molar-refractivity contribution in [3.05, 3.63) is 46.9 Å². The Bertz CT molecular complexity index is 412. The maximum Gasteiger partial charge on any atom is 0.139 e. The molecular weight excluding hydrogens is 235 g/mol. The average molecular weight is 241 g/mol. The Labute approximate surface area is 83.1 Å². The van der Waals surface area contributed by atoms with E-state index in [2.05, 4.69) is 21.0 Å². The minimum absolute atomic E-state index is 0.284. The zero-order valence-corrected chi connectivity index (χ0v) is 8.20. The lowest BCUT2D eigenvalue weighted by Gasteiger charge is -2.01. The third-order valence-corrected chi connectivity index (χ3v) is 2.32. The zero-order chi connectivity index (χ0) is 9.26. The summed E-state index contributed by atoms with van der Waals surface area (Å²) >= 11 is 3.09. The van der Waals surface area contributed by atoms with Gasteiger partial charge in [-0.05, 0) is 34.1 Å². The third-order valence-electron chi connectivity index (χ3n) is 1.67. The van der Waals surface area contributed by atoms with Crippen LogP contribution in [0.15, 0.2) is 41.1 Å². The van der Waals surface area contributed by atoms with Crippen LogP contribution in [-0.4, -0.2) is 9.78 Å². The summed E-state index contributed by atoms with van der Waals surface area (Å²) in [5, 5.41) is 3.99. The number of halogens is 2. The predicted octanol–water partition coefficient (Wildman–Crippen LogP) is 2.77. The highest BCUT2D eigenvalue weighted by atomic mass is 79.9. The monoisotopic (exact) mass is 240 g/mol. The fourth-order valence-corrected chi connectivity index (χ4v) is 1.30. The SMILES string of the molecule is Fc1cc(-n2cccn2)ccc1Br. The summed E-state index contributed by atoms with van der Waals surface area (Å²) in [6, 6.07) is 6.67. The van der Waals surface area contributed by atoms with Crippen LogP contribution in [0.25, 0.3) is 5.69 Å². The molecule has 0 bridgehead atoms. The zero-order valence-electron chi connectivity index (χ0n) is 6.61. The molecule has 0 radical (unpaired) electrons. The van der Waals surface area contributed by atoms with Gasteiger partial charge in [0.15, 0.2) is 0 Å². The molecular formula is C9H6BrFN2. The van der Waals surface area contributed by atoms with Gasteiger partial charge in [-0.3, -0.25) is 0 Å². The van der Waals surface area contributed by atoms with E-state index in [4.69, 9.17) is 0 Å². The smallest absolute Gasteiger partial charge is 0.139 e. The first-order valence-corrected chi connectivity index (χ1v) is 4.52. The first kappa shape index (κ1) is 8.44. The third kappa shape index (κ3) is 1.62. The van der Waals surface area contributed by atoms with E-state index in [9.17, 15) is 4.39 Å². The van der Waals surface area contributed by atoms with Gasteiger partial charge in [-0.25, -0.2) is 9.07 Å². The summed E-state index contributed by atoms with van der Waals surface area (Å²) in [6.07, 6.45) is 3.42. The van der Waals surface area contributed by atoms with E-state index >= 15 is 0 Å². The van der Waals surface area contributed by atoms with Gasteiger partial charge in [-0.15, -0.1) is 0 Å². The maximum absolute atomic E-state index is 13.1. The van der Waals surface area contributed by atoms with Gasteiger partial charge in [0.05, 0.1) is 10.2 Å². The molecule has 4 heteroatoms. The molecule has 0 aliphatic carbocycles. The first-order valence-electron chi connectivity index (χ1n) is 3.72. The van der Waals surface area contributed by atoms with E-state index in [-0.39, 0.29) is 5.82 Å². The molecule has 0 atom stereocenters. The Kier molecular flexibility index (Phi) is 2.14. The molecule has 0 aliphatic rings. The van der Waals surface area contributed by atoms with E-state index in [0.29, 0.717) is 10.2 Å². The summed E-state index contributed by atoms with van der Waals surface area (Å²) < 4.78 is 15.2. The van der Waals surface area contributed by atoms with Crippen molar-refractivity contribution in [1.82, 2.24) is 9.78 Å². The molecule has 1 heterocycles. The summed E-state index contributed by atoms with van der Waals surface area (Å²) in [4.78, 5) is 0. The van der Waals surface area contributed by atoms with Gasteiger partial charge >= 0.3 is 0 Å². The number of aromatic nitrogens is 2. The highest BCUT2D eigenvalue weighted by Gasteiger charge is 2.01. The van der Waals surface area contributed by atoms with Crippen LogP contribution in [0.5, 0.6) is 0 Å². The molecule has 1 aromatic carbocycles. The minimum atomic E-state index is -0.284. The Morgan fingerprint density at radius 2 is 2.23 bits per heavy atom. The Morgan fingerprint density at radius 3 is 2.85 bits per heavy atom. The van der Waals surface area contributed by atoms with Crippen molar-refractivity contribution in [1.29, 1.82) is 0 Å². The van der Waals surface area contributed by atoms with Crippen molar-refractivity contribution < 1.29 is 4.39 Å². The Balaban J connectivity index is 2.49. The molecule has 2 rings (SSSR count). The molecule has 0 saturated carbocycles. The molecule has 0 fully saturated rings. The van der Waals surface area contributed by atoms with Crippen molar-refractivity contribution in [2.45, 2.75) is 0 Å². The van der Waals surface area contributed by atoms with Crippen molar-refractivity contribution in [3.8, 4) is 5.69 Å². The van der Waals surface area contributed by atoms with Crippen molar-refractivity contribution in [2.75, 3.05) is 0 Å². The molecule has 0 aliphatic heterocycles. The lowest BCUT2D eigenvalue weighted by Crippen LogP contribution is -1.94. The van der Waals surface area contributed by atoms with E-state index in [0.717, 1.165) is 0 Å². The number of benzene rings is 1. The maximum atomic E-state index is 13.1. The van der Waals surface area contributed by atoms with Gasteiger partial charge in [0.25, 0.3) is 0 Å². The summed E-state index contributed by atoms with van der Waals surface area (Å²) in [5.74, 6) is -0.284. The molecule has 2 aromatic rings. The van der Waals surface area contributed by atoms with Crippen LogP contribution < -0.4 is 0 Å².